The lowest BCUT2D eigenvalue weighted by Gasteiger charge is -2.23. The second kappa shape index (κ2) is 10.3. The summed E-state index contributed by atoms with van der Waals surface area (Å²) in [5, 5.41) is 3.85. The summed E-state index contributed by atoms with van der Waals surface area (Å²) in [6, 6.07) is 14.5. The van der Waals surface area contributed by atoms with Gasteiger partial charge in [0.25, 0.3) is 0 Å². The van der Waals surface area contributed by atoms with E-state index in [4.69, 9.17) is 10.5 Å². The average molecular weight is 425 g/mol. The Morgan fingerprint density at radius 3 is 2.50 bits per heavy atom. The zero-order valence-corrected chi connectivity index (χ0v) is 18.4. The molecule has 0 aliphatic rings. The number of nitrogens with one attached hydrogen (secondary N) is 1. The van der Waals surface area contributed by atoms with Gasteiger partial charge in [0.2, 0.25) is 5.13 Å². The van der Waals surface area contributed by atoms with Gasteiger partial charge in [-0.1, -0.05) is 43.2 Å². The summed E-state index contributed by atoms with van der Waals surface area (Å²) in [5.41, 5.74) is 9.32. The molecule has 0 saturated carbocycles. The first-order valence-corrected chi connectivity index (χ1v) is 10.9. The Balaban J connectivity index is 1.75. The fourth-order valence-corrected chi connectivity index (χ4v) is 3.83. The van der Waals surface area contributed by atoms with Gasteiger partial charge in [-0.05, 0) is 43.2 Å². The van der Waals surface area contributed by atoms with E-state index in [9.17, 15) is 4.79 Å². The van der Waals surface area contributed by atoms with Crippen LogP contribution < -0.4 is 15.8 Å². The number of ether oxygens (including phenoxy) is 1. The highest BCUT2D eigenvalue weighted by atomic mass is 32.1. The summed E-state index contributed by atoms with van der Waals surface area (Å²) in [6.45, 7) is 4.12. The molecule has 2 aromatic carbocycles. The summed E-state index contributed by atoms with van der Waals surface area (Å²) in [5.74, 6) is 1.37. The summed E-state index contributed by atoms with van der Waals surface area (Å²) < 4.78 is 9.63. The van der Waals surface area contributed by atoms with Gasteiger partial charge in [-0.15, -0.1) is 0 Å². The Labute approximate surface area is 181 Å². The average Bonchev–Trinajstić information content (AvgIpc) is 3.20. The normalized spacial score (nSPS) is 12.9. The van der Waals surface area contributed by atoms with Crippen LogP contribution >= 0.6 is 11.5 Å². The Hall–Kier alpha value is -2.77. The number of anilines is 1. The first-order chi connectivity index (χ1) is 14.5. The van der Waals surface area contributed by atoms with E-state index in [-0.39, 0.29) is 11.8 Å². The van der Waals surface area contributed by atoms with Crippen molar-refractivity contribution in [2.24, 2.45) is 5.73 Å². The fraction of sp³-hybridized carbons (Fsp3) is 0.348. The molecule has 0 fully saturated rings. The number of nitrogens with zero attached hydrogens (tertiary/aromatic N) is 2. The van der Waals surface area contributed by atoms with Crippen molar-refractivity contribution in [3.63, 3.8) is 0 Å². The number of carbonyl (C=O) groups is 1. The van der Waals surface area contributed by atoms with Crippen molar-refractivity contribution in [1.29, 1.82) is 0 Å². The molecule has 3 N–H and O–H groups in total. The third kappa shape index (κ3) is 5.64. The van der Waals surface area contributed by atoms with Gasteiger partial charge < -0.3 is 15.8 Å². The van der Waals surface area contributed by atoms with Crippen LogP contribution in [-0.4, -0.2) is 34.3 Å². The second-order valence-electron chi connectivity index (χ2n) is 7.35. The monoisotopic (exact) mass is 424 g/mol. The zero-order chi connectivity index (χ0) is 21.5. The van der Waals surface area contributed by atoms with Gasteiger partial charge in [0.05, 0.1) is 7.11 Å². The summed E-state index contributed by atoms with van der Waals surface area (Å²) in [6.07, 6.45) is 2.27. The standard InChI is InChI=1S/C23H28N4O2S/c1-4-5-19(24)21(22(28)17-10-12-18(29-3)13-11-17)26-23-25-20(27-30-23)14-16-8-6-15(2)7-9-16/h6-13,19,21H,4-5,14,24H2,1-3H3,(H,25,26,27). The predicted octanol–water partition coefficient (Wildman–Crippen LogP) is 4.24. The summed E-state index contributed by atoms with van der Waals surface area (Å²) in [4.78, 5) is 17.8. The fourth-order valence-electron chi connectivity index (χ4n) is 3.21. The lowest BCUT2D eigenvalue weighted by Crippen LogP contribution is -2.46. The van der Waals surface area contributed by atoms with Crippen LogP contribution in [0.2, 0.25) is 0 Å². The second-order valence-corrected chi connectivity index (χ2v) is 8.10. The van der Waals surface area contributed by atoms with Crippen LogP contribution in [0, 0.1) is 6.92 Å². The minimum absolute atomic E-state index is 0.0612. The number of benzene rings is 2. The SMILES string of the molecule is CCCC(N)C(Nc1nc(Cc2ccc(C)cc2)ns1)C(=O)c1ccc(OC)cc1. The number of aryl methyl sites for hydroxylation is 1. The predicted molar refractivity (Wildman–Crippen MR) is 122 cm³/mol. The van der Waals surface area contributed by atoms with E-state index in [1.807, 2.05) is 0 Å². The number of hydrogen-bond donors (Lipinski definition) is 2. The highest BCUT2D eigenvalue weighted by Gasteiger charge is 2.27. The minimum atomic E-state index is -0.571. The van der Waals surface area contributed by atoms with E-state index < -0.39 is 6.04 Å². The lowest BCUT2D eigenvalue weighted by molar-refractivity contribution is 0.0957. The van der Waals surface area contributed by atoms with Crippen molar-refractivity contribution in [2.75, 3.05) is 12.4 Å². The van der Waals surface area contributed by atoms with Crippen molar-refractivity contribution < 1.29 is 9.53 Å². The number of ketones is 1. The van der Waals surface area contributed by atoms with Crippen molar-refractivity contribution in [3.05, 3.63) is 71.0 Å². The lowest BCUT2D eigenvalue weighted by atomic mass is 9.95. The van der Waals surface area contributed by atoms with Crippen LogP contribution in [0.5, 0.6) is 5.75 Å². The molecule has 3 rings (SSSR count). The zero-order valence-electron chi connectivity index (χ0n) is 17.6. The molecule has 30 heavy (non-hydrogen) atoms. The molecule has 158 valence electrons. The van der Waals surface area contributed by atoms with Crippen LogP contribution in [0.1, 0.15) is 47.1 Å². The Morgan fingerprint density at radius 2 is 1.87 bits per heavy atom. The third-order valence-electron chi connectivity index (χ3n) is 4.94. The van der Waals surface area contributed by atoms with Crippen LogP contribution in [0.4, 0.5) is 5.13 Å². The maximum Gasteiger partial charge on any atom is 0.203 e. The van der Waals surface area contributed by atoms with Gasteiger partial charge in [-0.25, -0.2) is 4.98 Å². The highest BCUT2D eigenvalue weighted by molar-refractivity contribution is 7.09. The van der Waals surface area contributed by atoms with Gasteiger partial charge in [-0.3, -0.25) is 4.79 Å². The molecule has 0 radical (unpaired) electrons. The molecule has 6 nitrogen and oxygen atoms in total. The molecule has 3 aromatic rings. The van der Waals surface area contributed by atoms with Crippen molar-refractivity contribution >= 4 is 22.4 Å². The number of aromatic nitrogens is 2. The number of rotatable bonds is 10. The number of carbonyl (C=O) groups excluding carboxylic acids is 1. The summed E-state index contributed by atoms with van der Waals surface area (Å²) in [7, 11) is 1.60. The van der Waals surface area contributed by atoms with Crippen LogP contribution in [0.3, 0.4) is 0 Å². The van der Waals surface area contributed by atoms with Crippen LogP contribution in [0.25, 0.3) is 0 Å². The van der Waals surface area contributed by atoms with E-state index >= 15 is 0 Å². The van der Waals surface area contributed by atoms with Gasteiger partial charge >= 0.3 is 0 Å². The quantitative estimate of drug-likeness (QED) is 0.473. The molecular formula is C23H28N4O2S. The third-order valence-corrected chi connectivity index (χ3v) is 5.62. The van der Waals surface area contributed by atoms with Gasteiger partial charge in [0.1, 0.15) is 17.6 Å². The number of Topliss-reactive ketones (excluding diaryl/α,β-unsaturated/α-hetero) is 1. The molecule has 2 unspecified atom stereocenters. The van der Waals surface area contributed by atoms with Crippen molar-refractivity contribution in [3.8, 4) is 5.75 Å². The van der Waals surface area contributed by atoms with Crippen LogP contribution in [-0.2, 0) is 6.42 Å². The smallest absolute Gasteiger partial charge is 0.203 e. The Morgan fingerprint density at radius 1 is 1.17 bits per heavy atom. The molecule has 2 atom stereocenters. The van der Waals surface area contributed by atoms with E-state index in [1.165, 1.54) is 17.1 Å². The molecule has 0 aliphatic heterocycles. The van der Waals surface area contributed by atoms with Gasteiger partial charge in [0.15, 0.2) is 5.78 Å². The Kier molecular flexibility index (Phi) is 7.54. The number of hydrogen-bond acceptors (Lipinski definition) is 7. The molecule has 7 heteroatoms. The molecule has 1 aromatic heterocycles. The van der Waals surface area contributed by atoms with E-state index in [0.717, 1.165) is 24.2 Å². The number of methoxy groups -OCH3 is 1. The molecule has 0 aliphatic carbocycles. The van der Waals surface area contributed by atoms with E-state index in [2.05, 4.69) is 52.8 Å². The largest absolute Gasteiger partial charge is 0.497 e. The molecule has 0 saturated heterocycles. The van der Waals surface area contributed by atoms with Crippen LogP contribution in [0.15, 0.2) is 48.5 Å². The van der Waals surface area contributed by atoms with E-state index in [0.29, 0.717) is 22.9 Å². The molecule has 0 bridgehead atoms. The Bertz CT molecular complexity index is 954. The summed E-state index contributed by atoms with van der Waals surface area (Å²) >= 11 is 1.25. The number of nitrogens with two attached hydrogens (primary N) is 1. The molecule has 0 spiro atoms. The molecule has 0 amide bonds. The van der Waals surface area contributed by atoms with Crippen molar-refractivity contribution in [1.82, 2.24) is 9.36 Å². The first-order valence-electron chi connectivity index (χ1n) is 10.1. The molecule has 1 heterocycles. The first kappa shape index (κ1) is 21.9. The van der Waals surface area contributed by atoms with E-state index in [1.54, 1.807) is 31.4 Å². The van der Waals surface area contributed by atoms with Gasteiger partial charge in [-0.2, -0.15) is 4.37 Å². The maximum atomic E-state index is 13.2. The van der Waals surface area contributed by atoms with Crippen molar-refractivity contribution in [2.45, 2.75) is 45.2 Å². The topological polar surface area (TPSA) is 90.1 Å². The van der Waals surface area contributed by atoms with Gasteiger partial charge in [0, 0.05) is 29.6 Å². The highest BCUT2D eigenvalue weighted by Crippen LogP contribution is 2.20. The molecular weight excluding hydrogens is 396 g/mol. The minimum Gasteiger partial charge on any atom is -0.497 e. The maximum absolute atomic E-state index is 13.2.